The molecular weight excluding hydrogens is 360 g/mol. The zero-order valence-corrected chi connectivity index (χ0v) is 16.6. The van der Waals surface area contributed by atoms with Gasteiger partial charge in [-0.25, -0.2) is 8.42 Å². The van der Waals surface area contributed by atoms with Crippen molar-refractivity contribution in [3.8, 4) is 0 Å². The van der Waals surface area contributed by atoms with Crippen molar-refractivity contribution in [3.63, 3.8) is 0 Å². The minimum Gasteiger partial charge on any atom is -0.349 e. The molecule has 0 atom stereocenters. The fraction of sp³-hybridized carbons (Fsp3) is 0.381. The van der Waals surface area contributed by atoms with E-state index in [0.29, 0.717) is 11.3 Å². The van der Waals surface area contributed by atoms with E-state index in [-0.39, 0.29) is 16.8 Å². The van der Waals surface area contributed by atoms with Gasteiger partial charge in [0.15, 0.2) is 0 Å². The predicted octanol–water partition coefficient (Wildman–Crippen LogP) is 4.17. The number of aryl methyl sites for hydroxylation is 2. The third-order valence-corrected chi connectivity index (χ3v) is 6.39. The summed E-state index contributed by atoms with van der Waals surface area (Å²) < 4.78 is 28.0. The van der Waals surface area contributed by atoms with Crippen LogP contribution in [0.2, 0.25) is 0 Å². The molecule has 0 spiro atoms. The molecule has 0 radical (unpaired) electrons. The quantitative estimate of drug-likeness (QED) is 0.810. The van der Waals surface area contributed by atoms with E-state index >= 15 is 0 Å². The number of nitrogens with one attached hydrogen (secondary N) is 2. The van der Waals surface area contributed by atoms with Gasteiger partial charge in [-0.3, -0.25) is 9.52 Å². The lowest BCUT2D eigenvalue weighted by Gasteiger charge is -2.23. The Hall–Kier alpha value is -2.34. The first-order valence-electron chi connectivity index (χ1n) is 9.36. The van der Waals surface area contributed by atoms with Crippen LogP contribution >= 0.6 is 0 Å². The zero-order chi connectivity index (χ0) is 19.4. The van der Waals surface area contributed by atoms with Crippen LogP contribution in [-0.2, 0) is 10.0 Å². The van der Waals surface area contributed by atoms with Gasteiger partial charge >= 0.3 is 0 Å². The van der Waals surface area contributed by atoms with Crippen molar-refractivity contribution in [2.75, 3.05) is 4.72 Å². The van der Waals surface area contributed by atoms with Crippen molar-refractivity contribution < 1.29 is 13.2 Å². The third-order valence-electron chi connectivity index (χ3n) is 5.01. The van der Waals surface area contributed by atoms with Gasteiger partial charge in [0.2, 0.25) is 0 Å². The van der Waals surface area contributed by atoms with E-state index in [1.54, 1.807) is 18.2 Å². The molecule has 0 aliphatic heterocycles. The number of carbonyl (C=O) groups excluding carboxylic acids is 1. The van der Waals surface area contributed by atoms with E-state index in [2.05, 4.69) is 10.0 Å². The fourth-order valence-electron chi connectivity index (χ4n) is 3.36. The molecule has 1 aliphatic carbocycles. The number of sulfonamides is 1. The molecule has 1 saturated carbocycles. The molecule has 6 heteroatoms. The maximum absolute atomic E-state index is 12.7. The topological polar surface area (TPSA) is 75.3 Å². The van der Waals surface area contributed by atoms with E-state index in [1.807, 2.05) is 26.0 Å². The van der Waals surface area contributed by atoms with Crippen LogP contribution in [0.25, 0.3) is 0 Å². The van der Waals surface area contributed by atoms with Gasteiger partial charge in [-0.1, -0.05) is 43.0 Å². The van der Waals surface area contributed by atoms with Gasteiger partial charge in [0.1, 0.15) is 0 Å². The molecule has 2 aromatic carbocycles. The Bertz CT molecular complexity index is 915. The fourth-order valence-corrected chi connectivity index (χ4v) is 4.44. The molecule has 3 rings (SSSR count). The van der Waals surface area contributed by atoms with Crippen molar-refractivity contribution in [2.24, 2.45) is 0 Å². The van der Waals surface area contributed by atoms with E-state index < -0.39 is 10.0 Å². The van der Waals surface area contributed by atoms with Crippen molar-refractivity contribution in [3.05, 3.63) is 59.2 Å². The average Bonchev–Trinajstić information content (AvgIpc) is 2.64. The second-order valence-corrected chi connectivity index (χ2v) is 8.94. The highest BCUT2D eigenvalue weighted by atomic mass is 32.2. The van der Waals surface area contributed by atoms with E-state index in [1.165, 1.54) is 18.6 Å². The van der Waals surface area contributed by atoms with Crippen LogP contribution in [0.5, 0.6) is 0 Å². The first-order valence-corrected chi connectivity index (χ1v) is 10.8. The monoisotopic (exact) mass is 386 g/mol. The molecule has 0 aromatic heterocycles. The van der Waals surface area contributed by atoms with E-state index in [0.717, 1.165) is 36.8 Å². The largest absolute Gasteiger partial charge is 0.349 e. The lowest BCUT2D eigenvalue weighted by molar-refractivity contribution is 0.0927. The molecule has 0 unspecified atom stereocenters. The number of hydrogen-bond acceptors (Lipinski definition) is 3. The SMILES string of the molecule is Cc1ccc(NS(=O)(=O)c2ccc(C)c(C(=O)NC3CCCCC3)c2)cc1. The Balaban J connectivity index is 1.80. The number of amides is 1. The maximum Gasteiger partial charge on any atom is 0.261 e. The minimum atomic E-state index is -3.76. The molecule has 5 nitrogen and oxygen atoms in total. The van der Waals surface area contributed by atoms with Gasteiger partial charge in [-0.2, -0.15) is 0 Å². The first kappa shape index (κ1) is 19.4. The van der Waals surface area contributed by atoms with Crippen molar-refractivity contribution in [2.45, 2.75) is 56.9 Å². The van der Waals surface area contributed by atoms with Gasteiger partial charge in [0, 0.05) is 17.3 Å². The molecule has 0 heterocycles. The Morgan fingerprint density at radius 3 is 2.30 bits per heavy atom. The summed E-state index contributed by atoms with van der Waals surface area (Å²) in [6.45, 7) is 3.76. The summed E-state index contributed by atoms with van der Waals surface area (Å²) in [5, 5.41) is 3.06. The number of rotatable bonds is 5. The minimum absolute atomic E-state index is 0.0856. The van der Waals surface area contributed by atoms with Gasteiger partial charge in [0.05, 0.1) is 4.90 Å². The standard InChI is InChI=1S/C21H26N2O3S/c1-15-8-11-18(12-9-15)23-27(25,26)19-13-10-16(2)20(14-19)21(24)22-17-6-4-3-5-7-17/h8-14,17,23H,3-7H2,1-2H3,(H,22,24). The van der Waals surface area contributed by atoms with Gasteiger partial charge < -0.3 is 5.32 Å². The third kappa shape index (κ3) is 4.89. The molecule has 2 N–H and O–H groups in total. The molecule has 27 heavy (non-hydrogen) atoms. The lowest BCUT2D eigenvalue weighted by atomic mass is 9.95. The highest BCUT2D eigenvalue weighted by Gasteiger charge is 2.21. The van der Waals surface area contributed by atoms with Crippen molar-refractivity contribution in [1.29, 1.82) is 0 Å². The Kier molecular flexibility index (Phi) is 5.85. The average molecular weight is 387 g/mol. The van der Waals surface area contributed by atoms with Gasteiger partial charge in [0.25, 0.3) is 15.9 Å². The van der Waals surface area contributed by atoms with Gasteiger partial charge in [-0.15, -0.1) is 0 Å². The summed E-state index contributed by atoms with van der Waals surface area (Å²) in [5.74, 6) is -0.202. The second-order valence-electron chi connectivity index (χ2n) is 7.26. The Morgan fingerprint density at radius 1 is 0.963 bits per heavy atom. The van der Waals surface area contributed by atoms with Crippen LogP contribution in [0.3, 0.4) is 0 Å². The summed E-state index contributed by atoms with van der Waals surface area (Å²) in [5.41, 5.74) is 2.72. The summed E-state index contributed by atoms with van der Waals surface area (Å²) in [6, 6.07) is 12.0. The maximum atomic E-state index is 12.7. The number of benzene rings is 2. The second kappa shape index (κ2) is 8.13. The molecule has 1 amide bonds. The van der Waals surface area contributed by atoms with Gasteiger partial charge in [-0.05, 0) is 56.5 Å². The first-order chi connectivity index (χ1) is 12.8. The van der Waals surface area contributed by atoms with Crippen molar-refractivity contribution in [1.82, 2.24) is 5.32 Å². The summed E-state index contributed by atoms with van der Waals surface area (Å²) in [4.78, 5) is 12.8. The van der Waals surface area contributed by atoms with Crippen molar-refractivity contribution >= 4 is 21.6 Å². The zero-order valence-electron chi connectivity index (χ0n) is 15.8. The predicted molar refractivity (Wildman–Crippen MR) is 108 cm³/mol. The molecule has 2 aromatic rings. The summed E-state index contributed by atoms with van der Waals surface area (Å²) in [6.07, 6.45) is 5.43. The van der Waals surface area contributed by atoms with Crippen LogP contribution in [0.15, 0.2) is 47.4 Å². The van der Waals surface area contributed by atoms with E-state index in [9.17, 15) is 13.2 Å². The normalized spacial score (nSPS) is 15.3. The summed E-state index contributed by atoms with van der Waals surface area (Å²) in [7, 11) is -3.76. The molecule has 0 saturated heterocycles. The van der Waals surface area contributed by atoms with Crippen LogP contribution in [0.4, 0.5) is 5.69 Å². The smallest absolute Gasteiger partial charge is 0.261 e. The summed E-state index contributed by atoms with van der Waals surface area (Å²) >= 11 is 0. The highest BCUT2D eigenvalue weighted by molar-refractivity contribution is 7.92. The van der Waals surface area contributed by atoms with Crippen LogP contribution in [0, 0.1) is 13.8 Å². The van der Waals surface area contributed by atoms with Crippen LogP contribution in [-0.4, -0.2) is 20.4 Å². The number of hydrogen-bond donors (Lipinski definition) is 2. The van der Waals surface area contributed by atoms with E-state index in [4.69, 9.17) is 0 Å². The molecule has 144 valence electrons. The molecule has 1 aliphatic rings. The number of anilines is 1. The Morgan fingerprint density at radius 2 is 1.63 bits per heavy atom. The molecule has 1 fully saturated rings. The number of carbonyl (C=O) groups is 1. The molecular formula is C21H26N2O3S. The molecule has 0 bridgehead atoms. The van der Waals surface area contributed by atoms with Crippen LogP contribution < -0.4 is 10.0 Å². The van der Waals surface area contributed by atoms with Crippen LogP contribution in [0.1, 0.15) is 53.6 Å². The Labute approximate surface area is 161 Å². The highest BCUT2D eigenvalue weighted by Crippen LogP contribution is 2.21. The lowest BCUT2D eigenvalue weighted by Crippen LogP contribution is -2.36.